The van der Waals surface area contributed by atoms with E-state index in [4.69, 9.17) is 11.0 Å². The number of nitriles is 1. The summed E-state index contributed by atoms with van der Waals surface area (Å²) in [6.07, 6.45) is 2.34. The summed E-state index contributed by atoms with van der Waals surface area (Å²) in [4.78, 5) is 4.08. The van der Waals surface area contributed by atoms with Crippen LogP contribution >= 0.6 is 0 Å². The fraction of sp³-hybridized carbons (Fsp3) is 0.500. The molecule has 4 N–H and O–H groups in total. The summed E-state index contributed by atoms with van der Waals surface area (Å²) >= 11 is 0. The molecule has 5 heteroatoms. The number of nitrogen functional groups attached to an aromatic ring is 1. The summed E-state index contributed by atoms with van der Waals surface area (Å²) in [6.45, 7) is 4.16. The molecule has 1 rings (SSSR count). The molecule has 0 aliphatic rings. The number of hydrogen-bond acceptors (Lipinski definition) is 5. The highest BCUT2D eigenvalue weighted by Gasteiger charge is 2.13. The molecule has 0 amide bonds. The van der Waals surface area contributed by atoms with E-state index in [1.54, 1.807) is 6.07 Å². The Morgan fingerprint density at radius 3 is 2.82 bits per heavy atom. The first kappa shape index (κ1) is 13.3. The number of anilines is 2. The topological polar surface area (TPSA) is 95.0 Å². The van der Waals surface area contributed by atoms with Crippen LogP contribution in [0.3, 0.4) is 0 Å². The number of pyridine rings is 1. The van der Waals surface area contributed by atoms with Crippen LogP contribution < -0.4 is 11.1 Å². The van der Waals surface area contributed by atoms with Crippen LogP contribution in [-0.4, -0.2) is 22.7 Å². The highest BCUT2D eigenvalue weighted by Crippen LogP contribution is 2.21. The second-order valence-corrected chi connectivity index (χ2v) is 4.39. The van der Waals surface area contributed by atoms with Crippen LogP contribution in [-0.2, 0) is 0 Å². The van der Waals surface area contributed by atoms with Crippen molar-refractivity contribution in [1.29, 1.82) is 5.26 Å². The van der Waals surface area contributed by atoms with Gasteiger partial charge < -0.3 is 16.2 Å². The first-order chi connectivity index (χ1) is 8.08. The largest absolute Gasteiger partial charge is 0.395 e. The first-order valence-corrected chi connectivity index (χ1v) is 5.60. The minimum absolute atomic E-state index is 0.0100. The summed E-state index contributed by atoms with van der Waals surface area (Å²) < 4.78 is 0. The molecule has 1 aromatic rings. The molecular weight excluding hydrogens is 216 g/mol. The summed E-state index contributed by atoms with van der Waals surface area (Å²) in [6, 6.07) is 3.47. The molecule has 1 atom stereocenters. The Bertz CT molecular complexity index is 411. The summed E-state index contributed by atoms with van der Waals surface area (Å²) in [5.41, 5.74) is 6.52. The molecular formula is C12H18N4O. The van der Waals surface area contributed by atoms with Crippen LogP contribution in [0.5, 0.6) is 0 Å². The molecule has 1 aromatic heterocycles. The van der Waals surface area contributed by atoms with Gasteiger partial charge in [0.25, 0.3) is 0 Å². The maximum absolute atomic E-state index is 9.26. The van der Waals surface area contributed by atoms with Crippen molar-refractivity contribution in [1.82, 2.24) is 4.98 Å². The van der Waals surface area contributed by atoms with E-state index >= 15 is 0 Å². The van der Waals surface area contributed by atoms with Crippen LogP contribution in [0.1, 0.15) is 25.8 Å². The maximum atomic E-state index is 9.26. The van der Waals surface area contributed by atoms with Gasteiger partial charge in [-0.2, -0.15) is 5.26 Å². The molecule has 17 heavy (non-hydrogen) atoms. The third kappa shape index (κ3) is 3.61. The smallest absolute Gasteiger partial charge is 0.150 e. The molecule has 0 saturated carbocycles. The molecule has 5 nitrogen and oxygen atoms in total. The number of aliphatic hydroxyl groups is 1. The lowest BCUT2D eigenvalue weighted by Gasteiger charge is -2.19. The molecule has 0 spiro atoms. The van der Waals surface area contributed by atoms with Gasteiger partial charge in [0.15, 0.2) is 5.82 Å². The maximum Gasteiger partial charge on any atom is 0.150 e. The van der Waals surface area contributed by atoms with Gasteiger partial charge in [-0.05, 0) is 18.4 Å². The van der Waals surface area contributed by atoms with Crippen LogP contribution in [0.15, 0.2) is 12.3 Å². The summed E-state index contributed by atoms with van der Waals surface area (Å²) in [5.74, 6) is 0.920. The van der Waals surface area contributed by atoms with E-state index < -0.39 is 0 Å². The van der Waals surface area contributed by atoms with Gasteiger partial charge in [0.05, 0.1) is 23.9 Å². The van der Waals surface area contributed by atoms with Gasteiger partial charge in [0, 0.05) is 6.20 Å². The lowest BCUT2D eigenvalue weighted by atomic mass is 10.0. The van der Waals surface area contributed by atoms with Crippen LogP contribution in [0.4, 0.5) is 11.5 Å². The number of nitrogens with zero attached hydrogens (tertiary/aromatic N) is 2. The fourth-order valence-corrected chi connectivity index (χ4v) is 1.63. The van der Waals surface area contributed by atoms with Gasteiger partial charge in [-0.25, -0.2) is 4.98 Å². The molecule has 0 saturated heterocycles. The van der Waals surface area contributed by atoms with Crippen molar-refractivity contribution in [2.45, 2.75) is 26.3 Å². The minimum Gasteiger partial charge on any atom is -0.395 e. The van der Waals surface area contributed by atoms with Crippen molar-refractivity contribution in [2.75, 3.05) is 17.7 Å². The Balaban J connectivity index is 2.83. The zero-order valence-electron chi connectivity index (χ0n) is 10.1. The van der Waals surface area contributed by atoms with Crippen LogP contribution in [0.2, 0.25) is 0 Å². The molecule has 0 aromatic carbocycles. The zero-order chi connectivity index (χ0) is 12.8. The summed E-state index contributed by atoms with van der Waals surface area (Å²) in [7, 11) is 0. The molecule has 0 bridgehead atoms. The van der Waals surface area contributed by atoms with Crippen molar-refractivity contribution >= 4 is 11.5 Å². The Labute approximate surface area is 101 Å². The van der Waals surface area contributed by atoms with Crippen molar-refractivity contribution in [3.63, 3.8) is 0 Å². The van der Waals surface area contributed by atoms with Crippen LogP contribution in [0, 0.1) is 17.2 Å². The highest BCUT2D eigenvalue weighted by molar-refractivity contribution is 5.69. The molecule has 0 aliphatic heterocycles. The Hall–Kier alpha value is -1.80. The predicted molar refractivity (Wildman–Crippen MR) is 67.3 cm³/mol. The van der Waals surface area contributed by atoms with E-state index in [-0.39, 0.29) is 12.6 Å². The number of nitrogens with two attached hydrogens (primary N) is 1. The van der Waals surface area contributed by atoms with Gasteiger partial charge in [-0.3, -0.25) is 0 Å². The van der Waals surface area contributed by atoms with E-state index in [1.807, 2.05) is 6.07 Å². The van der Waals surface area contributed by atoms with E-state index in [0.717, 1.165) is 6.42 Å². The lowest BCUT2D eigenvalue weighted by molar-refractivity contribution is 0.259. The van der Waals surface area contributed by atoms with E-state index in [1.165, 1.54) is 6.20 Å². The lowest BCUT2D eigenvalue weighted by Crippen LogP contribution is -2.26. The Kier molecular flexibility index (Phi) is 4.73. The van der Waals surface area contributed by atoms with Gasteiger partial charge in [-0.15, -0.1) is 0 Å². The molecule has 0 radical (unpaired) electrons. The third-order valence-corrected chi connectivity index (χ3v) is 2.43. The van der Waals surface area contributed by atoms with Gasteiger partial charge in [0.1, 0.15) is 6.07 Å². The SMILES string of the molecule is CC(C)CC(CO)Nc1nccc(C#N)c1N. The van der Waals surface area contributed by atoms with E-state index in [9.17, 15) is 5.11 Å². The molecule has 0 aliphatic carbocycles. The highest BCUT2D eigenvalue weighted by atomic mass is 16.3. The number of hydrogen-bond donors (Lipinski definition) is 3. The number of aromatic nitrogens is 1. The molecule has 1 unspecified atom stereocenters. The monoisotopic (exact) mass is 234 g/mol. The van der Waals surface area contributed by atoms with E-state index in [0.29, 0.717) is 23.0 Å². The van der Waals surface area contributed by atoms with Crippen molar-refractivity contribution < 1.29 is 5.11 Å². The average Bonchev–Trinajstić information content (AvgIpc) is 2.30. The standard InChI is InChI=1S/C12H18N4O/c1-8(2)5-10(7-17)16-12-11(14)9(6-13)3-4-15-12/h3-4,8,10,17H,5,7,14H2,1-2H3,(H,15,16). The second-order valence-electron chi connectivity index (χ2n) is 4.39. The number of aliphatic hydroxyl groups excluding tert-OH is 1. The summed E-state index contributed by atoms with van der Waals surface area (Å²) in [5, 5.41) is 21.2. The number of rotatable bonds is 5. The Morgan fingerprint density at radius 2 is 2.29 bits per heavy atom. The van der Waals surface area contributed by atoms with E-state index in [2.05, 4.69) is 24.1 Å². The normalized spacial score (nSPS) is 12.2. The first-order valence-electron chi connectivity index (χ1n) is 5.60. The molecule has 0 fully saturated rings. The van der Waals surface area contributed by atoms with Gasteiger partial charge >= 0.3 is 0 Å². The van der Waals surface area contributed by atoms with Gasteiger partial charge in [0.2, 0.25) is 0 Å². The third-order valence-electron chi connectivity index (χ3n) is 2.43. The van der Waals surface area contributed by atoms with Crippen LogP contribution in [0.25, 0.3) is 0 Å². The van der Waals surface area contributed by atoms with Crippen molar-refractivity contribution in [3.8, 4) is 6.07 Å². The number of nitrogens with one attached hydrogen (secondary N) is 1. The zero-order valence-corrected chi connectivity index (χ0v) is 10.1. The quantitative estimate of drug-likeness (QED) is 0.715. The van der Waals surface area contributed by atoms with Crippen molar-refractivity contribution in [3.05, 3.63) is 17.8 Å². The van der Waals surface area contributed by atoms with Gasteiger partial charge in [-0.1, -0.05) is 13.8 Å². The second kappa shape index (κ2) is 6.06. The Morgan fingerprint density at radius 1 is 1.59 bits per heavy atom. The fourth-order valence-electron chi connectivity index (χ4n) is 1.63. The molecule has 1 heterocycles. The minimum atomic E-state index is -0.0984. The average molecular weight is 234 g/mol. The predicted octanol–water partition coefficient (Wildman–Crippen LogP) is 1.35. The molecule has 92 valence electrons. The van der Waals surface area contributed by atoms with Crippen molar-refractivity contribution in [2.24, 2.45) is 5.92 Å².